The molecule has 1 aromatic heterocycles. The largest absolute Gasteiger partial charge is 0.494 e. The lowest BCUT2D eigenvalue weighted by molar-refractivity contribution is 0.0528. The minimum atomic E-state index is -0.321. The van der Waals surface area contributed by atoms with Gasteiger partial charge in [0.25, 0.3) is 0 Å². The maximum absolute atomic E-state index is 12.9. The third-order valence-corrected chi connectivity index (χ3v) is 6.57. The summed E-state index contributed by atoms with van der Waals surface area (Å²) in [7, 11) is 0. The van der Waals surface area contributed by atoms with E-state index in [1.54, 1.807) is 0 Å². The molecule has 1 N–H and O–H groups in total. The van der Waals surface area contributed by atoms with Crippen LogP contribution in [0.15, 0.2) is 85.1 Å². The Morgan fingerprint density at radius 1 is 0.703 bits per heavy atom. The van der Waals surface area contributed by atoms with E-state index in [2.05, 4.69) is 36.2 Å². The Labute approximate surface area is 220 Å². The van der Waals surface area contributed by atoms with Gasteiger partial charge in [0.1, 0.15) is 5.75 Å². The van der Waals surface area contributed by atoms with Crippen LogP contribution in [0.3, 0.4) is 0 Å². The van der Waals surface area contributed by atoms with Gasteiger partial charge in [-0.15, -0.1) is 0 Å². The zero-order valence-electron chi connectivity index (χ0n) is 22.0. The van der Waals surface area contributed by atoms with Crippen LogP contribution in [0.25, 0.3) is 33.5 Å². The molecule has 1 heterocycles. The number of hydrogen-bond acceptors (Lipinski definition) is 3. The molecule has 0 aliphatic rings. The molecule has 0 unspecified atom stereocenters. The average molecular weight is 496 g/mol. The van der Waals surface area contributed by atoms with Crippen LogP contribution in [0.2, 0.25) is 0 Å². The van der Waals surface area contributed by atoms with Crippen LogP contribution in [0.1, 0.15) is 62.7 Å². The molecule has 192 valence electrons. The first-order chi connectivity index (χ1) is 18.2. The van der Waals surface area contributed by atoms with Gasteiger partial charge in [-0.05, 0) is 47.7 Å². The van der Waals surface area contributed by atoms with Gasteiger partial charge in [-0.25, -0.2) is 4.79 Å². The van der Waals surface area contributed by atoms with Crippen molar-refractivity contribution in [2.75, 3.05) is 13.2 Å². The topological polar surface area (TPSA) is 51.3 Å². The second kappa shape index (κ2) is 13.5. The normalized spacial score (nSPS) is 10.9. The fraction of sp³-hybridized carbons (Fsp3) is 0.303. The smallest absolute Gasteiger partial charge is 0.340 e. The summed E-state index contributed by atoms with van der Waals surface area (Å²) in [6.45, 7) is 5.16. The van der Waals surface area contributed by atoms with Crippen molar-refractivity contribution in [2.24, 2.45) is 0 Å². The van der Waals surface area contributed by atoms with E-state index >= 15 is 0 Å². The second-order valence-electron chi connectivity index (χ2n) is 9.26. The Hall–Kier alpha value is -3.79. The van der Waals surface area contributed by atoms with Gasteiger partial charge in [0.05, 0.1) is 24.5 Å². The van der Waals surface area contributed by atoms with Crippen molar-refractivity contribution in [3.05, 3.63) is 90.6 Å². The minimum absolute atomic E-state index is 0.321. The zero-order valence-corrected chi connectivity index (χ0v) is 22.0. The quantitative estimate of drug-likeness (QED) is 0.149. The lowest BCUT2D eigenvalue weighted by Crippen LogP contribution is -2.06. The fourth-order valence-corrected chi connectivity index (χ4v) is 4.56. The molecule has 0 spiro atoms. The number of nitrogens with one attached hydrogen (secondary N) is 1. The van der Waals surface area contributed by atoms with Gasteiger partial charge in [-0.2, -0.15) is 0 Å². The molecule has 0 saturated carbocycles. The zero-order chi connectivity index (χ0) is 25.9. The van der Waals surface area contributed by atoms with Crippen LogP contribution in [-0.4, -0.2) is 24.2 Å². The van der Waals surface area contributed by atoms with E-state index in [4.69, 9.17) is 9.47 Å². The monoisotopic (exact) mass is 495 g/mol. The molecule has 0 bridgehead atoms. The standard InChI is InChI=1S/C33H37NO3/c1-3-5-6-7-8-12-23-37-29-21-19-26(20-22-29)25-15-17-28(18-16-25)32-31(33(35)36-4-2)30(24-34-32)27-13-10-9-11-14-27/h9-11,13-22,24,34H,3-8,12,23H2,1-2H3. The number of aromatic nitrogens is 1. The van der Waals surface area contributed by atoms with Crippen LogP contribution in [0, 0.1) is 0 Å². The van der Waals surface area contributed by atoms with Crippen LogP contribution >= 0.6 is 0 Å². The summed E-state index contributed by atoms with van der Waals surface area (Å²) < 4.78 is 11.3. The van der Waals surface area contributed by atoms with Gasteiger partial charge in [0.15, 0.2) is 0 Å². The van der Waals surface area contributed by atoms with E-state index in [-0.39, 0.29) is 5.97 Å². The summed E-state index contributed by atoms with van der Waals surface area (Å²) >= 11 is 0. The molecule has 0 aliphatic heterocycles. The second-order valence-corrected chi connectivity index (χ2v) is 9.26. The molecule has 4 nitrogen and oxygen atoms in total. The number of ether oxygens (including phenoxy) is 2. The molecular formula is C33H37NO3. The predicted octanol–water partition coefficient (Wildman–Crippen LogP) is 8.93. The highest BCUT2D eigenvalue weighted by Gasteiger charge is 2.22. The lowest BCUT2D eigenvalue weighted by atomic mass is 9.98. The summed E-state index contributed by atoms with van der Waals surface area (Å²) in [5.41, 5.74) is 6.32. The summed E-state index contributed by atoms with van der Waals surface area (Å²) in [5, 5.41) is 0. The number of H-pyrrole nitrogens is 1. The first kappa shape index (κ1) is 26.3. The fourth-order valence-electron chi connectivity index (χ4n) is 4.56. The van der Waals surface area contributed by atoms with Crippen molar-refractivity contribution in [1.29, 1.82) is 0 Å². The van der Waals surface area contributed by atoms with Gasteiger partial charge >= 0.3 is 5.97 Å². The van der Waals surface area contributed by atoms with Crippen molar-refractivity contribution < 1.29 is 14.3 Å². The number of carbonyl (C=O) groups excluding carboxylic acids is 1. The van der Waals surface area contributed by atoms with Crippen LogP contribution in [0.4, 0.5) is 0 Å². The van der Waals surface area contributed by atoms with E-state index < -0.39 is 0 Å². The molecule has 3 aromatic carbocycles. The number of unbranched alkanes of at least 4 members (excludes halogenated alkanes) is 5. The van der Waals surface area contributed by atoms with E-state index in [0.29, 0.717) is 12.2 Å². The van der Waals surface area contributed by atoms with E-state index in [0.717, 1.165) is 52.3 Å². The average Bonchev–Trinajstić information content (AvgIpc) is 3.39. The van der Waals surface area contributed by atoms with Gasteiger partial charge < -0.3 is 14.5 Å². The highest BCUT2D eigenvalue weighted by atomic mass is 16.5. The Bertz CT molecular complexity index is 1240. The minimum Gasteiger partial charge on any atom is -0.494 e. The Kier molecular flexibility index (Phi) is 9.59. The molecule has 0 fully saturated rings. The van der Waals surface area contributed by atoms with E-state index in [1.807, 2.05) is 67.7 Å². The number of esters is 1. The molecular weight excluding hydrogens is 458 g/mol. The first-order valence-corrected chi connectivity index (χ1v) is 13.5. The molecule has 0 aliphatic carbocycles. The van der Waals surface area contributed by atoms with Crippen molar-refractivity contribution in [2.45, 2.75) is 52.4 Å². The summed E-state index contributed by atoms with van der Waals surface area (Å²) in [6, 6.07) is 26.4. The molecule has 0 atom stereocenters. The Morgan fingerprint density at radius 3 is 2.00 bits per heavy atom. The molecule has 4 heteroatoms. The number of rotatable bonds is 13. The van der Waals surface area contributed by atoms with Crippen LogP contribution < -0.4 is 4.74 Å². The maximum atomic E-state index is 12.9. The Morgan fingerprint density at radius 2 is 1.32 bits per heavy atom. The van der Waals surface area contributed by atoms with Crippen molar-refractivity contribution >= 4 is 5.97 Å². The molecule has 0 amide bonds. The number of hydrogen-bond donors (Lipinski definition) is 1. The third-order valence-electron chi connectivity index (χ3n) is 6.57. The van der Waals surface area contributed by atoms with Crippen molar-refractivity contribution in [1.82, 2.24) is 4.98 Å². The lowest BCUT2D eigenvalue weighted by Gasteiger charge is -2.10. The SMILES string of the molecule is CCCCCCCCOc1ccc(-c2ccc(-c3[nH]cc(-c4ccccc4)c3C(=O)OCC)cc2)cc1. The number of benzene rings is 3. The molecule has 0 saturated heterocycles. The number of carbonyl (C=O) groups is 1. The Balaban J connectivity index is 1.45. The van der Waals surface area contributed by atoms with E-state index in [9.17, 15) is 4.79 Å². The van der Waals surface area contributed by atoms with Crippen molar-refractivity contribution in [3.8, 4) is 39.3 Å². The number of aromatic amines is 1. The van der Waals surface area contributed by atoms with Crippen LogP contribution in [-0.2, 0) is 4.74 Å². The summed E-state index contributed by atoms with van der Waals surface area (Å²) in [6.07, 6.45) is 9.45. The highest BCUT2D eigenvalue weighted by molar-refractivity contribution is 6.03. The first-order valence-electron chi connectivity index (χ1n) is 13.5. The maximum Gasteiger partial charge on any atom is 0.340 e. The summed E-state index contributed by atoms with van der Waals surface area (Å²) in [5.74, 6) is 0.589. The van der Waals surface area contributed by atoms with Gasteiger partial charge in [0.2, 0.25) is 0 Å². The molecule has 0 radical (unpaired) electrons. The van der Waals surface area contributed by atoms with Gasteiger partial charge in [-0.3, -0.25) is 0 Å². The molecule has 37 heavy (non-hydrogen) atoms. The van der Waals surface area contributed by atoms with Crippen LogP contribution in [0.5, 0.6) is 5.75 Å². The van der Waals surface area contributed by atoms with Crippen molar-refractivity contribution in [3.63, 3.8) is 0 Å². The third kappa shape index (κ3) is 6.91. The molecule has 4 rings (SSSR count). The van der Waals surface area contributed by atoms with Gasteiger partial charge in [-0.1, -0.05) is 106 Å². The predicted molar refractivity (Wildman–Crippen MR) is 152 cm³/mol. The van der Waals surface area contributed by atoms with Gasteiger partial charge in [0, 0.05) is 11.8 Å². The van der Waals surface area contributed by atoms with E-state index in [1.165, 1.54) is 32.1 Å². The summed E-state index contributed by atoms with van der Waals surface area (Å²) in [4.78, 5) is 16.2. The highest BCUT2D eigenvalue weighted by Crippen LogP contribution is 2.34. The molecule has 4 aromatic rings.